The quantitative estimate of drug-likeness (QED) is 0.657. The Labute approximate surface area is 113 Å². The second-order valence-corrected chi connectivity index (χ2v) is 5.77. The van der Waals surface area contributed by atoms with Gasteiger partial charge in [-0.05, 0) is 45.7 Å². The van der Waals surface area contributed by atoms with Crippen molar-refractivity contribution in [2.45, 2.75) is 45.3 Å². The summed E-state index contributed by atoms with van der Waals surface area (Å²) < 4.78 is 25.0. The largest absolute Gasteiger partial charge is 0.496 e. The van der Waals surface area contributed by atoms with E-state index in [0.29, 0.717) is 17.4 Å². The summed E-state index contributed by atoms with van der Waals surface area (Å²) in [6, 6.07) is 1.32. The molecule has 0 unspecified atom stereocenters. The van der Waals surface area contributed by atoms with E-state index < -0.39 is 24.3 Å². The van der Waals surface area contributed by atoms with E-state index in [4.69, 9.17) is 14.4 Å². The van der Waals surface area contributed by atoms with Gasteiger partial charge in [-0.15, -0.1) is 0 Å². The van der Waals surface area contributed by atoms with Gasteiger partial charge in [-0.1, -0.05) is 0 Å². The van der Waals surface area contributed by atoms with Crippen molar-refractivity contribution < 1.29 is 18.8 Å². The Hall–Kier alpha value is -0.975. The molecule has 1 saturated heterocycles. The van der Waals surface area contributed by atoms with E-state index in [9.17, 15) is 4.39 Å². The molecule has 1 N–H and O–H groups in total. The van der Waals surface area contributed by atoms with Gasteiger partial charge in [0.05, 0.1) is 11.2 Å². The molecule has 2 heterocycles. The van der Waals surface area contributed by atoms with Crippen molar-refractivity contribution in [2.24, 2.45) is 0 Å². The maximum atomic E-state index is 13.2. The Morgan fingerprint density at radius 3 is 2.37 bits per heavy atom. The smallest absolute Gasteiger partial charge is 0.399 e. The first-order chi connectivity index (χ1) is 8.77. The van der Waals surface area contributed by atoms with Gasteiger partial charge in [-0.25, -0.2) is 4.98 Å². The fourth-order valence-electron chi connectivity index (χ4n) is 2.00. The first-order valence-electron chi connectivity index (χ1n) is 6.37. The topological polar surface area (TPSA) is 51.6 Å². The summed E-state index contributed by atoms with van der Waals surface area (Å²) in [6.07, 6.45) is 1.77. The molecule has 0 radical (unpaired) electrons. The minimum absolute atomic E-state index is 0.0596. The van der Waals surface area contributed by atoms with Crippen LogP contribution in [0.15, 0.2) is 12.3 Å². The highest BCUT2D eigenvalue weighted by atomic mass is 19.1. The molecule has 1 aliphatic rings. The summed E-state index contributed by atoms with van der Waals surface area (Å²) in [5.41, 5.74) is 0.424. The first-order valence-corrected chi connectivity index (χ1v) is 6.37. The van der Waals surface area contributed by atoms with Crippen LogP contribution in [-0.2, 0) is 15.7 Å². The summed E-state index contributed by atoms with van der Waals surface area (Å²) in [6.45, 7) is 7.76. The summed E-state index contributed by atoms with van der Waals surface area (Å²) in [4.78, 5) is 3.65. The van der Waals surface area contributed by atoms with Gasteiger partial charge in [0.15, 0.2) is 0 Å². The lowest BCUT2D eigenvalue weighted by molar-refractivity contribution is 0.00578. The fraction of sp³-hybridized carbons (Fsp3) is 0.615. The summed E-state index contributed by atoms with van der Waals surface area (Å²) in [5, 5.41) is 9.06. The van der Waals surface area contributed by atoms with E-state index in [0.717, 1.165) is 0 Å². The predicted octanol–water partition coefficient (Wildman–Crippen LogP) is 1.05. The Kier molecular flexibility index (Phi) is 3.68. The number of aromatic nitrogens is 1. The van der Waals surface area contributed by atoms with Gasteiger partial charge in [0.1, 0.15) is 0 Å². The van der Waals surface area contributed by atoms with Crippen molar-refractivity contribution in [3.05, 3.63) is 23.8 Å². The molecule has 2 rings (SSSR count). The number of aliphatic hydroxyl groups is 1. The Bertz CT molecular complexity index is 463. The molecule has 0 spiro atoms. The van der Waals surface area contributed by atoms with Gasteiger partial charge in [0, 0.05) is 18.3 Å². The molecule has 1 aliphatic heterocycles. The van der Waals surface area contributed by atoms with Crippen molar-refractivity contribution in [3.63, 3.8) is 0 Å². The van der Waals surface area contributed by atoms with E-state index >= 15 is 0 Å². The van der Waals surface area contributed by atoms with E-state index in [1.165, 1.54) is 12.3 Å². The Morgan fingerprint density at radius 2 is 1.84 bits per heavy atom. The molecule has 1 fully saturated rings. The van der Waals surface area contributed by atoms with Gasteiger partial charge >= 0.3 is 7.12 Å². The van der Waals surface area contributed by atoms with Crippen LogP contribution in [0.25, 0.3) is 0 Å². The highest BCUT2D eigenvalue weighted by Crippen LogP contribution is 2.36. The van der Waals surface area contributed by atoms with Crippen molar-refractivity contribution in [3.8, 4) is 0 Å². The van der Waals surface area contributed by atoms with E-state index in [1.807, 2.05) is 27.7 Å². The molecular weight excluding hydrogens is 248 g/mol. The maximum Gasteiger partial charge on any atom is 0.496 e. The van der Waals surface area contributed by atoms with Crippen LogP contribution in [0.5, 0.6) is 0 Å². The standard InChI is InChI=1S/C13H19BFNO3/c1-12(2)13(3,4)19-14(18-12)10-8-16-11(15)7-9(10)5-6-17/h7-8,17H,5-6H2,1-4H3. The normalized spacial score (nSPS) is 20.8. The van der Waals surface area contributed by atoms with Crippen LogP contribution in [0.2, 0.25) is 0 Å². The minimum atomic E-state index is -0.584. The second-order valence-electron chi connectivity index (χ2n) is 5.77. The molecule has 0 aromatic carbocycles. The molecule has 1 aromatic rings. The monoisotopic (exact) mass is 267 g/mol. The first kappa shape index (κ1) is 14.4. The lowest BCUT2D eigenvalue weighted by Gasteiger charge is -2.32. The summed E-state index contributed by atoms with van der Waals surface area (Å²) >= 11 is 0. The lowest BCUT2D eigenvalue weighted by Crippen LogP contribution is -2.41. The SMILES string of the molecule is CC1(C)OB(c2cnc(F)cc2CCO)OC1(C)C. The van der Waals surface area contributed by atoms with Crippen molar-refractivity contribution in [2.75, 3.05) is 6.61 Å². The lowest BCUT2D eigenvalue weighted by atomic mass is 9.76. The van der Waals surface area contributed by atoms with Gasteiger partial charge in [0.2, 0.25) is 5.95 Å². The highest BCUT2D eigenvalue weighted by Gasteiger charge is 2.52. The summed E-state index contributed by atoms with van der Waals surface area (Å²) in [7, 11) is -0.584. The van der Waals surface area contributed by atoms with E-state index in [1.54, 1.807) is 0 Å². The number of hydrogen-bond donors (Lipinski definition) is 1. The zero-order valence-corrected chi connectivity index (χ0v) is 11.7. The van der Waals surface area contributed by atoms with Crippen LogP contribution in [0.4, 0.5) is 4.39 Å². The molecule has 104 valence electrons. The molecule has 1 aromatic heterocycles. The molecule has 0 bridgehead atoms. The van der Waals surface area contributed by atoms with Crippen LogP contribution >= 0.6 is 0 Å². The second kappa shape index (κ2) is 4.85. The zero-order chi connectivity index (χ0) is 14.3. The van der Waals surface area contributed by atoms with Gasteiger partial charge in [-0.2, -0.15) is 4.39 Å². The Balaban J connectivity index is 2.34. The molecule has 0 atom stereocenters. The number of aliphatic hydroxyl groups excluding tert-OH is 1. The highest BCUT2D eigenvalue weighted by molar-refractivity contribution is 6.62. The third-order valence-corrected chi connectivity index (χ3v) is 3.88. The molecule has 0 amide bonds. The van der Waals surface area contributed by atoms with Crippen LogP contribution in [-0.4, -0.2) is 35.0 Å². The maximum absolute atomic E-state index is 13.2. The predicted molar refractivity (Wildman–Crippen MR) is 70.7 cm³/mol. The number of halogens is 1. The van der Waals surface area contributed by atoms with E-state index in [2.05, 4.69) is 4.98 Å². The number of nitrogens with zero attached hydrogens (tertiary/aromatic N) is 1. The third kappa shape index (κ3) is 2.66. The minimum Gasteiger partial charge on any atom is -0.399 e. The zero-order valence-electron chi connectivity index (χ0n) is 11.7. The summed E-state index contributed by atoms with van der Waals surface area (Å²) in [5.74, 6) is -0.566. The molecule has 6 heteroatoms. The van der Waals surface area contributed by atoms with Gasteiger partial charge < -0.3 is 14.4 Å². The van der Waals surface area contributed by atoms with Crippen molar-refractivity contribution in [1.82, 2.24) is 4.98 Å². The third-order valence-electron chi connectivity index (χ3n) is 3.88. The number of pyridine rings is 1. The number of hydrogen-bond acceptors (Lipinski definition) is 4. The van der Waals surface area contributed by atoms with Crippen LogP contribution in [0.3, 0.4) is 0 Å². The van der Waals surface area contributed by atoms with Crippen LogP contribution in [0.1, 0.15) is 33.3 Å². The number of rotatable bonds is 3. The molecular formula is C13H19BFNO3. The molecule has 19 heavy (non-hydrogen) atoms. The average molecular weight is 267 g/mol. The fourth-order valence-corrected chi connectivity index (χ4v) is 2.00. The molecule has 0 aliphatic carbocycles. The molecule has 4 nitrogen and oxygen atoms in total. The van der Waals surface area contributed by atoms with Crippen molar-refractivity contribution >= 4 is 12.6 Å². The van der Waals surface area contributed by atoms with Crippen molar-refractivity contribution in [1.29, 1.82) is 0 Å². The van der Waals surface area contributed by atoms with Crippen LogP contribution < -0.4 is 5.46 Å². The molecule has 0 saturated carbocycles. The Morgan fingerprint density at radius 1 is 1.26 bits per heavy atom. The van der Waals surface area contributed by atoms with Gasteiger partial charge in [0.25, 0.3) is 0 Å². The van der Waals surface area contributed by atoms with Gasteiger partial charge in [-0.3, -0.25) is 0 Å². The average Bonchev–Trinajstić information content (AvgIpc) is 2.48. The van der Waals surface area contributed by atoms with E-state index in [-0.39, 0.29) is 6.61 Å². The van der Waals surface area contributed by atoms with Crippen LogP contribution in [0, 0.1) is 5.95 Å².